The Kier molecular flexibility index (Phi) is 9.27. The first-order valence-electron chi connectivity index (χ1n) is 13.0. The number of amides is 2. The molecule has 0 saturated carbocycles. The van der Waals surface area contributed by atoms with Crippen LogP contribution in [-0.2, 0) is 26.2 Å². The van der Waals surface area contributed by atoms with E-state index < -0.39 is 21.9 Å². The molecule has 3 heterocycles. The molecule has 0 aliphatic carbocycles. The van der Waals surface area contributed by atoms with E-state index in [0.717, 1.165) is 3.97 Å². The van der Waals surface area contributed by atoms with Crippen molar-refractivity contribution >= 4 is 33.4 Å². The molecule has 12 heteroatoms. The van der Waals surface area contributed by atoms with Crippen molar-refractivity contribution in [1.29, 1.82) is 0 Å². The van der Waals surface area contributed by atoms with Crippen molar-refractivity contribution in [2.75, 3.05) is 33.1 Å². The smallest absolute Gasteiger partial charge is 0.270 e. The monoisotopic (exact) mass is 589 g/mol. The molecule has 40 heavy (non-hydrogen) atoms. The maximum absolute atomic E-state index is 14.8. The molecule has 214 valence electrons. The van der Waals surface area contributed by atoms with Crippen LogP contribution in [0.25, 0.3) is 11.3 Å². The molecule has 1 unspecified atom stereocenters. The Labute approximate surface area is 239 Å². The van der Waals surface area contributed by atoms with E-state index in [1.165, 1.54) is 35.6 Å². The zero-order chi connectivity index (χ0) is 29.0. The number of carbonyl (C=O) groups is 2. The van der Waals surface area contributed by atoms with Crippen LogP contribution in [0.2, 0.25) is 0 Å². The van der Waals surface area contributed by atoms with Gasteiger partial charge in [-0.2, -0.15) is 0 Å². The van der Waals surface area contributed by atoms with E-state index in [1.807, 2.05) is 0 Å². The number of rotatable bonds is 9. The minimum Gasteiger partial charge on any atom is -0.342 e. The fourth-order valence-electron chi connectivity index (χ4n) is 5.07. The van der Waals surface area contributed by atoms with Crippen LogP contribution in [0.5, 0.6) is 0 Å². The van der Waals surface area contributed by atoms with Crippen LogP contribution < -0.4 is 5.32 Å². The fraction of sp³-hybridized carbons (Fsp3) is 0.393. The molecular weight excluding hydrogens is 557 g/mol. The van der Waals surface area contributed by atoms with Crippen LogP contribution >= 0.6 is 11.6 Å². The number of nitrogens with zero attached hydrogens (tertiary/aromatic N) is 4. The SMILES string of the molecule is CNCc1cc(-c2ccccc2F)n(S(=O)(=O)c2cnccc2C(C)N(C)C(=O)C2CCN(C(=O)CCl)CC2)c1. The lowest BCUT2D eigenvalue weighted by Crippen LogP contribution is -2.44. The zero-order valence-corrected chi connectivity index (χ0v) is 24.3. The molecule has 2 aromatic heterocycles. The number of hydrogen-bond acceptors (Lipinski definition) is 6. The summed E-state index contributed by atoms with van der Waals surface area (Å²) in [7, 11) is -0.864. The molecule has 1 aliphatic rings. The summed E-state index contributed by atoms with van der Waals surface area (Å²) < 4.78 is 44.1. The first-order chi connectivity index (χ1) is 19.1. The average Bonchev–Trinajstić information content (AvgIpc) is 3.40. The van der Waals surface area contributed by atoms with E-state index in [-0.39, 0.29) is 39.8 Å². The lowest BCUT2D eigenvalue weighted by atomic mass is 9.94. The summed E-state index contributed by atoms with van der Waals surface area (Å²) in [5, 5.41) is 3.00. The Balaban J connectivity index is 1.67. The molecule has 1 fully saturated rings. The highest BCUT2D eigenvalue weighted by Gasteiger charge is 2.33. The Morgan fingerprint density at radius 1 is 1.23 bits per heavy atom. The van der Waals surface area contributed by atoms with E-state index in [2.05, 4.69) is 10.3 Å². The van der Waals surface area contributed by atoms with Crippen LogP contribution in [0.1, 0.15) is 36.9 Å². The van der Waals surface area contributed by atoms with Gasteiger partial charge in [0.05, 0.1) is 11.7 Å². The predicted octanol–water partition coefficient (Wildman–Crippen LogP) is 3.64. The van der Waals surface area contributed by atoms with Gasteiger partial charge in [0, 0.05) is 56.8 Å². The van der Waals surface area contributed by atoms with E-state index in [0.29, 0.717) is 43.6 Å². The topological polar surface area (TPSA) is 105 Å². The molecule has 0 bridgehead atoms. The van der Waals surface area contributed by atoms with Gasteiger partial charge in [-0.1, -0.05) is 12.1 Å². The van der Waals surface area contributed by atoms with E-state index >= 15 is 0 Å². The van der Waals surface area contributed by atoms with Crippen molar-refractivity contribution in [3.8, 4) is 11.3 Å². The van der Waals surface area contributed by atoms with Gasteiger partial charge in [-0.05, 0) is 62.2 Å². The highest BCUT2D eigenvalue weighted by atomic mass is 35.5. The van der Waals surface area contributed by atoms with Gasteiger partial charge in [-0.3, -0.25) is 14.6 Å². The van der Waals surface area contributed by atoms with Crippen molar-refractivity contribution in [2.24, 2.45) is 5.92 Å². The van der Waals surface area contributed by atoms with Crippen molar-refractivity contribution in [3.05, 3.63) is 71.9 Å². The number of halogens is 2. The van der Waals surface area contributed by atoms with Crippen molar-refractivity contribution < 1.29 is 22.4 Å². The van der Waals surface area contributed by atoms with Crippen molar-refractivity contribution in [3.63, 3.8) is 0 Å². The molecule has 1 aliphatic heterocycles. The summed E-state index contributed by atoms with van der Waals surface area (Å²) in [6, 6.07) is 8.63. The Hall–Kier alpha value is -3.28. The molecule has 2 amide bonds. The Morgan fingerprint density at radius 2 is 1.93 bits per heavy atom. The van der Waals surface area contributed by atoms with E-state index in [9.17, 15) is 22.4 Å². The van der Waals surface area contributed by atoms with Gasteiger partial charge in [0.1, 0.15) is 16.6 Å². The van der Waals surface area contributed by atoms with Gasteiger partial charge in [0.25, 0.3) is 10.0 Å². The second kappa shape index (κ2) is 12.5. The number of aromatic nitrogens is 2. The molecule has 0 spiro atoms. The number of nitrogens with one attached hydrogen (secondary N) is 1. The number of piperidine rings is 1. The van der Waals surface area contributed by atoms with E-state index in [4.69, 9.17) is 11.6 Å². The second-order valence-corrected chi connectivity index (χ2v) is 11.9. The van der Waals surface area contributed by atoms with Gasteiger partial charge in [-0.15, -0.1) is 11.6 Å². The third-order valence-corrected chi connectivity index (χ3v) is 9.36. The van der Waals surface area contributed by atoms with Gasteiger partial charge < -0.3 is 15.1 Å². The number of benzene rings is 1. The summed E-state index contributed by atoms with van der Waals surface area (Å²) >= 11 is 5.67. The lowest BCUT2D eigenvalue weighted by molar-refractivity contribution is -0.140. The largest absolute Gasteiger partial charge is 0.342 e. The van der Waals surface area contributed by atoms with Crippen LogP contribution in [0.15, 0.2) is 59.9 Å². The maximum Gasteiger partial charge on any atom is 0.270 e. The summed E-state index contributed by atoms with van der Waals surface area (Å²) in [4.78, 5) is 32.5. The van der Waals surface area contributed by atoms with Gasteiger partial charge in [0.2, 0.25) is 11.8 Å². The minimum atomic E-state index is -4.25. The Morgan fingerprint density at radius 3 is 2.58 bits per heavy atom. The summed E-state index contributed by atoms with van der Waals surface area (Å²) in [6.07, 6.45) is 5.23. The highest BCUT2D eigenvalue weighted by molar-refractivity contribution is 7.90. The average molecular weight is 590 g/mol. The third-order valence-electron chi connectivity index (χ3n) is 7.42. The molecule has 9 nitrogen and oxygen atoms in total. The molecule has 0 radical (unpaired) electrons. The maximum atomic E-state index is 14.8. The normalized spacial score (nSPS) is 15.2. The zero-order valence-electron chi connectivity index (χ0n) is 22.7. The molecule has 1 atom stereocenters. The molecule has 4 rings (SSSR count). The number of carbonyl (C=O) groups excluding carboxylic acids is 2. The fourth-order valence-corrected chi connectivity index (χ4v) is 6.86. The highest BCUT2D eigenvalue weighted by Crippen LogP contribution is 2.33. The number of pyridine rings is 1. The first kappa shape index (κ1) is 29.7. The van der Waals surface area contributed by atoms with Gasteiger partial charge in [-0.25, -0.2) is 16.8 Å². The molecule has 1 aromatic carbocycles. The van der Waals surface area contributed by atoms with Gasteiger partial charge in [0.15, 0.2) is 0 Å². The number of alkyl halides is 1. The van der Waals surface area contributed by atoms with Crippen molar-refractivity contribution in [1.82, 2.24) is 24.1 Å². The molecular formula is C28H33ClFN5O4S. The standard InChI is InChI=1S/C28H33ClFN5O4S/c1-19(33(3)28(37)21-9-12-34(13-10-21)27(36)15-29)22-8-11-32-17-26(22)40(38,39)35-18-20(16-31-2)14-25(35)23-6-4-5-7-24(23)30/h4-8,11,14,17-19,21,31H,9-10,12-13,15-16H2,1-3H3. The molecule has 3 aromatic rings. The van der Waals surface area contributed by atoms with Gasteiger partial charge >= 0.3 is 0 Å². The van der Waals surface area contributed by atoms with Crippen LogP contribution in [0, 0.1) is 11.7 Å². The van der Waals surface area contributed by atoms with Crippen LogP contribution in [0.4, 0.5) is 4.39 Å². The van der Waals surface area contributed by atoms with Crippen LogP contribution in [-0.4, -0.2) is 72.1 Å². The first-order valence-corrected chi connectivity index (χ1v) is 15.0. The number of likely N-dealkylation sites (tertiary alicyclic amines) is 1. The van der Waals surface area contributed by atoms with Crippen molar-refractivity contribution in [2.45, 2.75) is 37.2 Å². The van der Waals surface area contributed by atoms with Crippen LogP contribution in [0.3, 0.4) is 0 Å². The summed E-state index contributed by atoms with van der Waals surface area (Å²) in [5.74, 6) is -1.22. The molecule has 1 N–H and O–H groups in total. The van der Waals surface area contributed by atoms with E-state index in [1.54, 1.807) is 50.2 Å². The summed E-state index contributed by atoms with van der Waals surface area (Å²) in [6.45, 7) is 3.03. The third kappa shape index (κ3) is 5.91. The quantitative estimate of drug-likeness (QED) is 0.382. The molecule has 1 saturated heterocycles. The second-order valence-electron chi connectivity index (χ2n) is 9.87. The lowest BCUT2D eigenvalue weighted by Gasteiger charge is -2.35. The summed E-state index contributed by atoms with van der Waals surface area (Å²) in [5.41, 5.74) is 1.39. The number of hydrogen-bond donors (Lipinski definition) is 1. The predicted molar refractivity (Wildman–Crippen MR) is 151 cm³/mol. The minimum absolute atomic E-state index is 0.0751. The Bertz CT molecular complexity index is 1490.